The fourth-order valence-electron chi connectivity index (χ4n) is 0.964. The van der Waals surface area contributed by atoms with Gasteiger partial charge in [-0.05, 0) is 19.8 Å². The van der Waals surface area contributed by atoms with Crippen LogP contribution in [0.5, 0.6) is 0 Å². The molecule has 0 spiro atoms. The minimum atomic E-state index is -0.539. The Balaban J connectivity index is 2.75. The summed E-state index contributed by atoms with van der Waals surface area (Å²) in [7, 11) is 0. The molecule has 0 saturated carbocycles. The maximum absolute atomic E-state index is 5.80. The number of hydrogen-bond acceptors (Lipinski definition) is 4. The van der Waals surface area contributed by atoms with Crippen LogP contribution in [0.25, 0.3) is 0 Å². The van der Waals surface area contributed by atoms with E-state index in [0.717, 1.165) is 12.2 Å². The molecule has 74 valence electrons. The van der Waals surface area contributed by atoms with Gasteiger partial charge in [-0.3, -0.25) is 0 Å². The van der Waals surface area contributed by atoms with Crippen molar-refractivity contribution in [2.24, 2.45) is 11.7 Å². The Morgan fingerprint density at radius 2 is 2.08 bits per heavy atom. The lowest BCUT2D eigenvalue weighted by Gasteiger charge is -2.10. The number of nitrogens with zero attached hydrogens (tertiary/aromatic N) is 2. The molecule has 1 heterocycles. The minimum Gasteiger partial charge on any atom is -0.337 e. The predicted molar refractivity (Wildman–Crippen MR) is 50.1 cm³/mol. The fourth-order valence-corrected chi connectivity index (χ4v) is 0.964. The van der Waals surface area contributed by atoms with Crippen molar-refractivity contribution in [3.8, 4) is 0 Å². The summed E-state index contributed by atoms with van der Waals surface area (Å²) in [5.74, 6) is 1.78. The Morgan fingerprint density at radius 1 is 1.46 bits per heavy atom. The van der Waals surface area contributed by atoms with Crippen LogP contribution in [0.2, 0.25) is 0 Å². The molecule has 0 fully saturated rings. The van der Waals surface area contributed by atoms with Crippen LogP contribution in [0, 0.1) is 5.92 Å². The third-order valence-electron chi connectivity index (χ3n) is 1.61. The van der Waals surface area contributed by atoms with Gasteiger partial charge in [-0.25, -0.2) is 0 Å². The number of aromatic nitrogens is 2. The van der Waals surface area contributed by atoms with Crippen LogP contribution in [-0.2, 0) is 12.0 Å². The smallest absolute Gasteiger partial charge is 0.246 e. The van der Waals surface area contributed by atoms with Crippen LogP contribution in [-0.4, -0.2) is 10.1 Å². The second kappa shape index (κ2) is 3.46. The zero-order chi connectivity index (χ0) is 10.1. The first-order valence-corrected chi connectivity index (χ1v) is 4.51. The van der Waals surface area contributed by atoms with Crippen LogP contribution in [0.15, 0.2) is 4.52 Å². The first-order valence-electron chi connectivity index (χ1n) is 4.51. The summed E-state index contributed by atoms with van der Waals surface area (Å²) in [6.45, 7) is 7.92. The summed E-state index contributed by atoms with van der Waals surface area (Å²) in [5, 5.41) is 3.86. The first kappa shape index (κ1) is 10.2. The highest BCUT2D eigenvalue weighted by Gasteiger charge is 2.22. The van der Waals surface area contributed by atoms with E-state index in [9.17, 15) is 0 Å². The van der Waals surface area contributed by atoms with E-state index in [1.807, 2.05) is 13.8 Å². The summed E-state index contributed by atoms with van der Waals surface area (Å²) in [6.07, 6.45) is 0.833. The zero-order valence-electron chi connectivity index (χ0n) is 8.66. The van der Waals surface area contributed by atoms with Gasteiger partial charge in [0.15, 0.2) is 5.82 Å². The normalized spacial score (nSPS) is 12.5. The van der Waals surface area contributed by atoms with Gasteiger partial charge in [-0.2, -0.15) is 4.98 Å². The second-order valence-electron chi connectivity index (χ2n) is 4.34. The highest BCUT2D eigenvalue weighted by atomic mass is 16.5. The van der Waals surface area contributed by atoms with E-state index in [1.165, 1.54) is 0 Å². The van der Waals surface area contributed by atoms with Crippen molar-refractivity contribution >= 4 is 0 Å². The molecule has 0 amide bonds. The number of hydrogen-bond donors (Lipinski definition) is 1. The van der Waals surface area contributed by atoms with E-state index in [2.05, 4.69) is 24.0 Å². The first-order chi connectivity index (χ1) is 5.89. The quantitative estimate of drug-likeness (QED) is 0.770. The Hall–Kier alpha value is -0.900. The van der Waals surface area contributed by atoms with Crippen molar-refractivity contribution in [2.75, 3.05) is 0 Å². The van der Waals surface area contributed by atoms with E-state index in [0.29, 0.717) is 11.8 Å². The third-order valence-corrected chi connectivity index (χ3v) is 1.61. The topological polar surface area (TPSA) is 64.9 Å². The van der Waals surface area contributed by atoms with Gasteiger partial charge in [0.25, 0.3) is 0 Å². The molecule has 0 bridgehead atoms. The lowest BCUT2D eigenvalue weighted by molar-refractivity contribution is 0.309. The van der Waals surface area contributed by atoms with Crippen LogP contribution in [0.1, 0.15) is 39.4 Å². The van der Waals surface area contributed by atoms with Crippen molar-refractivity contribution in [2.45, 2.75) is 39.7 Å². The summed E-state index contributed by atoms with van der Waals surface area (Å²) >= 11 is 0. The molecule has 0 radical (unpaired) electrons. The Morgan fingerprint density at radius 3 is 2.46 bits per heavy atom. The third kappa shape index (κ3) is 2.81. The summed E-state index contributed by atoms with van der Waals surface area (Å²) in [6, 6.07) is 0. The van der Waals surface area contributed by atoms with Crippen LogP contribution >= 0.6 is 0 Å². The molecule has 4 heteroatoms. The molecule has 0 aliphatic carbocycles. The van der Waals surface area contributed by atoms with E-state index in [-0.39, 0.29) is 0 Å². The summed E-state index contributed by atoms with van der Waals surface area (Å²) < 4.78 is 5.04. The van der Waals surface area contributed by atoms with Gasteiger partial charge in [0, 0.05) is 6.42 Å². The molecule has 0 atom stereocenters. The SMILES string of the molecule is CC(C)Cc1noc(C(C)(C)N)n1. The molecule has 2 N–H and O–H groups in total. The van der Waals surface area contributed by atoms with Crippen LogP contribution < -0.4 is 5.73 Å². The molecule has 1 aromatic heterocycles. The molecule has 0 unspecified atom stereocenters. The number of nitrogens with two attached hydrogens (primary N) is 1. The van der Waals surface area contributed by atoms with Crippen LogP contribution in [0.4, 0.5) is 0 Å². The van der Waals surface area contributed by atoms with E-state index < -0.39 is 5.54 Å². The highest BCUT2D eigenvalue weighted by molar-refractivity contribution is 4.97. The molecule has 1 rings (SSSR count). The van der Waals surface area contributed by atoms with Gasteiger partial charge in [-0.15, -0.1) is 0 Å². The molecular formula is C9H17N3O. The molecular weight excluding hydrogens is 166 g/mol. The van der Waals surface area contributed by atoms with E-state index in [1.54, 1.807) is 0 Å². The van der Waals surface area contributed by atoms with Crippen molar-refractivity contribution in [1.82, 2.24) is 10.1 Å². The maximum atomic E-state index is 5.80. The second-order valence-corrected chi connectivity index (χ2v) is 4.34. The van der Waals surface area contributed by atoms with Gasteiger partial charge >= 0.3 is 0 Å². The number of rotatable bonds is 3. The Kier molecular flexibility index (Phi) is 2.71. The Bertz CT molecular complexity index is 273. The lowest BCUT2D eigenvalue weighted by atomic mass is 10.1. The van der Waals surface area contributed by atoms with Crippen molar-refractivity contribution in [1.29, 1.82) is 0 Å². The largest absolute Gasteiger partial charge is 0.337 e. The Labute approximate surface area is 78.5 Å². The average molecular weight is 183 g/mol. The fraction of sp³-hybridized carbons (Fsp3) is 0.778. The van der Waals surface area contributed by atoms with Gasteiger partial charge < -0.3 is 10.3 Å². The summed E-state index contributed by atoms with van der Waals surface area (Å²) in [5.41, 5.74) is 5.27. The predicted octanol–water partition coefficient (Wildman–Crippen LogP) is 1.46. The monoisotopic (exact) mass is 183 g/mol. The minimum absolute atomic E-state index is 0.503. The molecule has 13 heavy (non-hydrogen) atoms. The van der Waals surface area contributed by atoms with Gasteiger partial charge in [0.2, 0.25) is 5.89 Å². The molecule has 0 aromatic carbocycles. The average Bonchev–Trinajstić information content (AvgIpc) is 2.32. The van der Waals surface area contributed by atoms with E-state index in [4.69, 9.17) is 10.3 Å². The van der Waals surface area contributed by atoms with Crippen molar-refractivity contribution < 1.29 is 4.52 Å². The van der Waals surface area contributed by atoms with E-state index >= 15 is 0 Å². The van der Waals surface area contributed by atoms with Crippen molar-refractivity contribution in [3.05, 3.63) is 11.7 Å². The molecule has 1 aromatic rings. The zero-order valence-corrected chi connectivity index (χ0v) is 8.66. The van der Waals surface area contributed by atoms with Gasteiger partial charge in [0.05, 0.1) is 5.54 Å². The summed E-state index contributed by atoms with van der Waals surface area (Å²) in [4.78, 5) is 4.22. The molecule has 0 aliphatic rings. The maximum Gasteiger partial charge on any atom is 0.246 e. The van der Waals surface area contributed by atoms with Gasteiger partial charge in [0.1, 0.15) is 0 Å². The van der Waals surface area contributed by atoms with Gasteiger partial charge in [-0.1, -0.05) is 19.0 Å². The molecule has 4 nitrogen and oxygen atoms in total. The molecule has 0 aliphatic heterocycles. The highest BCUT2D eigenvalue weighted by Crippen LogP contribution is 2.14. The molecule has 0 saturated heterocycles. The lowest BCUT2D eigenvalue weighted by Crippen LogP contribution is -2.29. The van der Waals surface area contributed by atoms with Crippen molar-refractivity contribution in [3.63, 3.8) is 0 Å². The van der Waals surface area contributed by atoms with Crippen LogP contribution in [0.3, 0.4) is 0 Å². The standard InChI is InChI=1S/C9H17N3O/c1-6(2)5-7-11-8(13-12-7)9(3,4)10/h6H,5,10H2,1-4H3.